The number of rotatable bonds is 9. The van der Waals surface area contributed by atoms with Gasteiger partial charge in [0.05, 0.1) is 18.8 Å². The highest BCUT2D eigenvalue weighted by atomic mass is 19.4. The summed E-state index contributed by atoms with van der Waals surface area (Å²) in [6.07, 6.45) is -4.53. The van der Waals surface area contributed by atoms with E-state index in [1.807, 2.05) is 0 Å². The van der Waals surface area contributed by atoms with Crippen LogP contribution in [0.25, 0.3) is 11.3 Å². The van der Waals surface area contributed by atoms with Crippen molar-refractivity contribution >= 4 is 17.6 Å². The van der Waals surface area contributed by atoms with Gasteiger partial charge in [-0.2, -0.15) is 23.5 Å². The fraction of sp³-hybridized carbons (Fsp3) is 0.273. The van der Waals surface area contributed by atoms with E-state index in [1.165, 1.54) is 18.2 Å². The molecule has 3 rings (SSSR count). The zero-order chi connectivity index (χ0) is 24.7. The van der Waals surface area contributed by atoms with Gasteiger partial charge < -0.3 is 19.5 Å². The van der Waals surface area contributed by atoms with Gasteiger partial charge in [0.25, 0.3) is 5.91 Å². The molecular formula is C22H21F3N4O5. The Morgan fingerprint density at radius 3 is 2.50 bits per heavy atom. The Hall–Kier alpha value is -4.09. The molecule has 0 fully saturated rings. The summed E-state index contributed by atoms with van der Waals surface area (Å²) in [7, 11) is 0. The van der Waals surface area contributed by atoms with Crippen LogP contribution >= 0.6 is 0 Å². The number of H-pyrrole nitrogens is 1. The van der Waals surface area contributed by atoms with Crippen LogP contribution in [0.2, 0.25) is 0 Å². The topological polar surface area (TPSA) is 115 Å². The van der Waals surface area contributed by atoms with Crippen LogP contribution in [-0.2, 0) is 15.7 Å². The SMILES string of the molecule is CCOC(=O)c1n[nH]nc1-c1ccc(OCC(=O)Nc2cccc(C(F)(F)F)c2)c(OCC)c1. The van der Waals surface area contributed by atoms with Crippen molar-refractivity contribution in [3.63, 3.8) is 0 Å². The maximum Gasteiger partial charge on any atom is 0.416 e. The van der Waals surface area contributed by atoms with Crippen LogP contribution < -0.4 is 14.8 Å². The Bertz CT molecular complexity index is 1160. The summed E-state index contributed by atoms with van der Waals surface area (Å²) in [5.41, 5.74) is -0.162. The third-order valence-electron chi connectivity index (χ3n) is 4.37. The van der Waals surface area contributed by atoms with Gasteiger partial charge in [-0.25, -0.2) is 4.79 Å². The fourth-order valence-corrected chi connectivity index (χ4v) is 2.93. The minimum Gasteiger partial charge on any atom is -0.490 e. The predicted octanol–water partition coefficient (Wildman–Crippen LogP) is 4.08. The third-order valence-corrected chi connectivity index (χ3v) is 4.37. The van der Waals surface area contributed by atoms with Crippen LogP contribution in [0.4, 0.5) is 18.9 Å². The molecule has 0 unspecified atom stereocenters. The number of amides is 1. The number of carbonyl (C=O) groups excluding carboxylic acids is 2. The molecule has 0 saturated carbocycles. The van der Waals surface area contributed by atoms with Gasteiger partial charge in [-0.05, 0) is 50.2 Å². The van der Waals surface area contributed by atoms with Gasteiger partial charge in [0.15, 0.2) is 23.8 Å². The van der Waals surface area contributed by atoms with E-state index in [9.17, 15) is 22.8 Å². The van der Waals surface area contributed by atoms with Crippen molar-refractivity contribution in [2.75, 3.05) is 25.1 Å². The molecule has 0 bridgehead atoms. The first kappa shape index (κ1) is 24.6. The molecule has 0 aliphatic heterocycles. The number of carbonyl (C=O) groups is 2. The molecule has 34 heavy (non-hydrogen) atoms. The van der Waals surface area contributed by atoms with E-state index in [-0.39, 0.29) is 41.8 Å². The monoisotopic (exact) mass is 478 g/mol. The normalized spacial score (nSPS) is 11.1. The summed E-state index contributed by atoms with van der Waals surface area (Å²) < 4.78 is 54.6. The Balaban J connectivity index is 1.73. The lowest BCUT2D eigenvalue weighted by Crippen LogP contribution is -2.20. The zero-order valence-electron chi connectivity index (χ0n) is 18.2. The number of aromatic nitrogens is 3. The summed E-state index contributed by atoms with van der Waals surface area (Å²) in [4.78, 5) is 24.3. The number of aromatic amines is 1. The Labute approximate surface area is 192 Å². The maximum absolute atomic E-state index is 12.8. The molecule has 1 amide bonds. The Morgan fingerprint density at radius 2 is 1.79 bits per heavy atom. The molecule has 3 aromatic rings. The molecule has 0 aliphatic carbocycles. The molecule has 180 valence electrons. The van der Waals surface area contributed by atoms with Crippen molar-refractivity contribution in [3.05, 3.63) is 53.7 Å². The van der Waals surface area contributed by atoms with Crippen LogP contribution in [0.3, 0.4) is 0 Å². The van der Waals surface area contributed by atoms with Crippen molar-refractivity contribution in [1.82, 2.24) is 15.4 Å². The summed E-state index contributed by atoms with van der Waals surface area (Å²) in [5.74, 6) is -0.821. The summed E-state index contributed by atoms with van der Waals surface area (Å²) in [6, 6.07) is 8.93. The van der Waals surface area contributed by atoms with E-state index >= 15 is 0 Å². The molecule has 9 nitrogen and oxygen atoms in total. The van der Waals surface area contributed by atoms with E-state index in [4.69, 9.17) is 14.2 Å². The summed E-state index contributed by atoms with van der Waals surface area (Å²) in [6.45, 7) is 3.38. The lowest BCUT2D eigenvalue weighted by molar-refractivity contribution is -0.137. The van der Waals surface area contributed by atoms with Crippen LogP contribution in [0.1, 0.15) is 29.9 Å². The van der Waals surface area contributed by atoms with Crippen LogP contribution in [0, 0.1) is 0 Å². The highest BCUT2D eigenvalue weighted by molar-refractivity contribution is 5.94. The van der Waals surface area contributed by atoms with E-state index < -0.39 is 30.2 Å². The fourth-order valence-electron chi connectivity index (χ4n) is 2.93. The van der Waals surface area contributed by atoms with E-state index in [1.54, 1.807) is 26.0 Å². The molecule has 0 spiro atoms. The van der Waals surface area contributed by atoms with Crippen molar-refractivity contribution in [1.29, 1.82) is 0 Å². The second-order valence-corrected chi connectivity index (χ2v) is 6.75. The molecule has 12 heteroatoms. The number of ether oxygens (including phenoxy) is 3. The summed E-state index contributed by atoms with van der Waals surface area (Å²) in [5, 5.41) is 12.6. The number of hydrogen-bond donors (Lipinski definition) is 2. The van der Waals surface area contributed by atoms with Gasteiger partial charge in [-0.15, -0.1) is 5.10 Å². The van der Waals surface area contributed by atoms with Gasteiger partial charge in [-0.1, -0.05) is 6.07 Å². The highest BCUT2D eigenvalue weighted by Crippen LogP contribution is 2.33. The largest absolute Gasteiger partial charge is 0.490 e. The smallest absolute Gasteiger partial charge is 0.416 e. The lowest BCUT2D eigenvalue weighted by Gasteiger charge is -2.14. The quantitative estimate of drug-likeness (QED) is 0.445. The molecule has 0 saturated heterocycles. The summed E-state index contributed by atoms with van der Waals surface area (Å²) >= 11 is 0. The number of anilines is 1. The van der Waals surface area contributed by atoms with Gasteiger partial charge in [-0.3, -0.25) is 4.79 Å². The van der Waals surface area contributed by atoms with Crippen LogP contribution in [0.15, 0.2) is 42.5 Å². The molecule has 0 aliphatic rings. The van der Waals surface area contributed by atoms with Crippen molar-refractivity contribution < 1.29 is 37.0 Å². The minimum absolute atomic E-state index is 0.00145. The number of benzene rings is 2. The molecule has 2 N–H and O–H groups in total. The molecular weight excluding hydrogens is 457 g/mol. The van der Waals surface area contributed by atoms with Crippen LogP contribution in [0.5, 0.6) is 11.5 Å². The zero-order valence-corrected chi connectivity index (χ0v) is 18.2. The molecule has 0 atom stereocenters. The second kappa shape index (κ2) is 10.7. The van der Waals surface area contributed by atoms with E-state index in [0.29, 0.717) is 5.56 Å². The number of halogens is 3. The molecule has 1 aromatic heterocycles. The van der Waals surface area contributed by atoms with Crippen molar-refractivity contribution in [3.8, 4) is 22.8 Å². The van der Waals surface area contributed by atoms with E-state index in [2.05, 4.69) is 20.7 Å². The minimum atomic E-state index is -4.53. The average Bonchev–Trinajstić information content (AvgIpc) is 3.28. The van der Waals surface area contributed by atoms with Gasteiger partial charge in [0.1, 0.15) is 5.69 Å². The molecule has 1 heterocycles. The van der Waals surface area contributed by atoms with Gasteiger partial charge in [0.2, 0.25) is 0 Å². The standard InChI is InChI=1S/C22H21F3N4O5/c1-3-32-17-10-13(19-20(28-29-27-19)21(31)33-4-2)8-9-16(17)34-12-18(30)26-15-7-5-6-14(11-15)22(23,24)25/h5-11H,3-4,12H2,1-2H3,(H,26,30)(H,27,28,29). The maximum atomic E-state index is 12.8. The number of alkyl halides is 3. The number of nitrogens with one attached hydrogen (secondary N) is 2. The Morgan fingerprint density at radius 1 is 1.00 bits per heavy atom. The molecule has 0 radical (unpaired) electrons. The first-order chi connectivity index (χ1) is 16.2. The second-order valence-electron chi connectivity index (χ2n) is 6.75. The first-order valence-corrected chi connectivity index (χ1v) is 10.2. The van der Waals surface area contributed by atoms with Crippen molar-refractivity contribution in [2.24, 2.45) is 0 Å². The number of esters is 1. The molecule has 2 aromatic carbocycles. The predicted molar refractivity (Wildman–Crippen MR) is 115 cm³/mol. The first-order valence-electron chi connectivity index (χ1n) is 10.2. The van der Waals surface area contributed by atoms with Gasteiger partial charge >= 0.3 is 12.1 Å². The van der Waals surface area contributed by atoms with Gasteiger partial charge in [0, 0.05) is 11.3 Å². The van der Waals surface area contributed by atoms with E-state index in [0.717, 1.165) is 12.1 Å². The van der Waals surface area contributed by atoms with Crippen LogP contribution in [-0.4, -0.2) is 47.1 Å². The number of hydrogen-bond acceptors (Lipinski definition) is 7. The lowest BCUT2D eigenvalue weighted by atomic mass is 10.1. The third kappa shape index (κ3) is 6.03. The van der Waals surface area contributed by atoms with Crippen molar-refractivity contribution in [2.45, 2.75) is 20.0 Å². The Kier molecular flexibility index (Phi) is 7.71. The average molecular weight is 478 g/mol. The number of nitrogens with zero attached hydrogens (tertiary/aromatic N) is 2. The highest BCUT2D eigenvalue weighted by Gasteiger charge is 2.30.